The normalized spacial score (nSPS) is 12.1. The van der Waals surface area contributed by atoms with E-state index in [0.717, 1.165) is 6.26 Å². The summed E-state index contributed by atoms with van der Waals surface area (Å²) in [6, 6.07) is 18.8. The summed E-state index contributed by atoms with van der Waals surface area (Å²) >= 11 is 0. The summed E-state index contributed by atoms with van der Waals surface area (Å²) in [4.78, 5) is 4.65. The van der Waals surface area contributed by atoms with Gasteiger partial charge in [-0.25, -0.2) is 18.1 Å². The smallest absolute Gasteiger partial charge is 0.440 e. The van der Waals surface area contributed by atoms with Crippen LogP contribution in [0.25, 0.3) is 39.4 Å². The Morgan fingerprint density at radius 2 is 1.68 bits per heavy atom. The highest BCUT2D eigenvalue weighted by Gasteiger charge is 2.31. The molecule has 40 heavy (non-hydrogen) atoms. The lowest BCUT2D eigenvalue weighted by molar-refractivity contribution is -0.274. The van der Waals surface area contributed by atoms with Crippen LogP contribution in [0.15, 0.2) is 88.3 Å². The van der Waals surface area contributed by atoms with E-state index >= 15 is 0 Å². The van der Waals surface area contributed by atoms with Gasteiger partial charge in [0.15, 0.2) is 21.5 Å². The summed E-state index contributed by atoms with van der Waals surface area (Å²) in [5.41, 5.74) is 3.69. The molecule has 2 aromatic heterocycles. The maximum absolute atomic E-state index is 12.6. The second kappa shape index (κ2) is 10.3. The van der Waals surface area contributed by atoms with Gasteiger partial charge >= 0.3 is 6.36 Å². The van der Waals surface area contributed by atoms with E-state index < -0.39 is 16.2 Å². The Morgan fingerprint density at radius 1 is 0.975 bits per heavy atom. The summed E-state index contributed by atoms with van der Waals surface area (Å²) in [6.45, 7) is 1.38. The zero-order chi connectivity index (χ0) is 28.7. The number of aliphatic hydroxyl groups excluding tert-OH is 1. The number of rotatable bonds is 7. The Labute approximate surface area is 227 Å². The molecule has 2 heterocycles. The number of aromatic nitrogens is 3. The molecule has 0 saturated heterocycles. The second-order valence-corrected chi connectivity index (χ2v) is 10.9. The molecule has 8 nitrogen and oxygen atoms in total. The van der Waals surface area contributed by atoms with Crippen LogP contribution < -0.4 is 4.74 Å². The first-order valence-electron chi connectivity index (χ1n) is 11.9. The molecule has 0 atom stereocenters. The average molecular weight is 570 g/mol. The molecule has 0 aliphatic heterocycles. The van der Waals surface area contributed by atoms with Crippen molar-refractivity contribution in [1.82, 2.24) is 14.8 Å². The quantitative estimate of drug-likeness (QED) is 0.258. The Kier molecular flexibility index (Phi) is 6.98. The number of halogens is 3. The first-order chi connectivity index (χ1) is 18.9. The Bertz CT molecular complexity index is 1790. The van der Waals surface area contributed by atoms with E-state index in [4.69, 9.17) is 4.42 Å². The zero-order valence-electron chi connectivity index (χ0n) is 21.2. The number of hydrogen-bond acceptors (Lipinski definition) is 7. The number of nitrogens with zero attached hydrogens (tertiary/aromatic N) is 3. The van der Waals surface area contributed by atoms with E-state index in [1.165, 1.54) is 30.3 Å². The van der Waals surface area contributed by atoms with Gasteiger partial charge in [-0.3, -0.25) is 0 Å². The van der Waals surface area contributed by atoms with Crippen molar-refractivity contribution < 1.29 is 35.8 Å². The molecule has 0 amide bonds. The highest BCUT2D eigenvalue weighted by atomic mass is 32.2. The first kappa shape index (κ1) is 27.2. The maximum Gasteiger partial charge on any atom is 0.573 e. The summed E-state index contributed by atoms with van der Waals surface area (Å²) in [5, 5.41) is 13.9. The van der Waals surface area contributed by atoms with Crippen molar-refractivity contribution in [2.24, 2.45) is 0 Å². The maximum atomic E-state index is 12.6. The molecule has 0 bridgehead atoms. The number of sulfone groups is 1. The fourth-order valence-corrected chi connectivity index (χ4v) is 4.87. The van der Waals surface area contributed by atoms with Crippen LogP contribution >= 0.6 is 0 Å². The van der Waals surface area contributed by atoms with E-state index in [2.05, 4.69) is 14.8 Å². The van der Waals surface area contributed by atoms with Gasteiger partial charge in [-0.05, 0) is 65.7 Å². The van der Waals surface area contributed by atoms with Crippen molar-refractivity contribution >= 4 is 9.84 Å². The van der Waals surface area contributed by atoms with Crippen molar-refractivity contribution in [3.05, 3.63) is 90.6 Å². The highest BCUT2D eigenvalue weighted by molar-refractivity contribution is 7.90. The standard InChI is InChI=1S/C28H22F3N3O5S/c1-17-32-26(18-6-9-22(10-7-18)39-28(29,30)31)27(38-17)24-15-20(19-4-3-5-23(14-19)40(2,36)37)8-11-25(24)34-13-12-21(16-35)33-34/h3-15,35H,16H2,1-2H3. The van der Waals surface area contributed by atoms with Crippen molar-refractivity contribution in [3.63, 3.8) is 0 Å². The van der Waals surface area contributed by atoms with E-state index in [9.17, 15) is 26.7 Å². The molecular formula is C28H22F3N3O5S. The highest BCUT2D eigenvalue weighted by Crippen LogP contribution is 2.39. The van der Waals surface area contributed by atoms with Gasteiger partial charge in [0.2, 0.25) is 0 Å². The third-order valence-corrected chi connectivity index (χ3v) is 7.10. The zero-order valence-corrected chi connectivity index (χ0v) is 22.0. The van der Waals surface area contributed by atoms with E-state index in [0.29, 0.717) is 51.0 Å². The first-order valence-corrected chi connectivity index (χ1v) is 13.7. The number of benzene rings is 3. The van der Waals surface area contributed by atoms with Gasteiger partial charge < -0.3 is 14.3 Å². The van der Waals surface area contributed by atoms with Crippen LogP contribution in [-0.4, -0.2) is 40.9 Å². The third-order valence-electron chi connectivity index (χ3n) is 5.99. The lowest BCUT2D eigenvalue weighted by Crippen LogP contribution is -2.16. The number of aliphatic hydroxyl groups is 1. The predicted molar refractivity (Wildman–Crippen MR) is 140 cm³/mol. The van der Waals surface area contributed by atoms with Crippen molar-refractivity contribution in [2.45, 2.75) is 24.8 Å². The van der Waals surface area contributed by atoms with Crippen molar-refractivity contribution in [2.75, 3.05) is 6.26 Å². The molecule has 0 aliphatic rings. The molecule has 0 unspecified atom stereocenters. The number of alkyl halides is 3. The Morgan fingerprint density at radius 3 is 2.33 bits per heavy atom. The second-order valence-electron chi connectivity index (χ2n) is 8.92. The minimum atomic E-state index is -4.82. The fraction of sp³-hybridized carbons (Fsp3) is 0.143. The van der Waals surface area contributed by atoms with Gasteiger partial charge in [-0.2, -0.15) is 5.10 Å². The summed E-state index contributed by atoms with van der Waals surface area (Å²) in [7, 11) is -3.45. The third kappa shape index (κ3) is 5.77. The van der Waals surface area contributed by atoms with Crippen LogP contribution in [-0.2, 0) is 16.4 Å². The predicted octanol–water partition coefficient (Wildman–Crippen LogP) is 5.96. The van der Waals surface area contributed by atoms with Crippen LogP contribution in [0.3, 0.4) is 0 Å². The van der Waals surface area contributed by atoms with Gasteiger partial charge in [0.1, 0.15) is 11.4 Å². The number of oxazole rings is 1. The van der Waals surface area contributed by atoms with Gasteiger partial charge in [0.05, 0.1) is 22.9 Å². The minimum Gasteiger partial charge on any atom is -0.440 e. The molecular weight excluding hydrogens is 547 g/mol. The number of ether oxygens (including phenoxy) is 1. The largest absolute Gasteiger partial charge is 0.573 e. The minimum absolute atomic E-state index is 0.160. The van der Waals surface area contributed by atoms with E-state index in [1.54, 1.807) is 60.3 Å². The summed E-state index contributed by atoms with van der Waals surface area (Å²) < 4.78 is 73.8. The van der Waals surface area contributed by atoms with Crippen LogP contribution in [0.1, 0.15) is 11.6 Å². The lowest BCUT2D eigenvalue weighted by Gasteiger charge is -2.13. The lowest BCUT2D eigenvalue weighted by atomic mass is 9.98. The molecule has 0 aliphatic carbocycles. The molecule has 0 spiro atoms. The Balaban J connectivity index is 1.67. The van der Waals surface area contributed by atoms with Crippen LogP contribution in [0.5, 0.6) is 5.75 Å². The SMILES string of the molecule is Cc1nc(-c2ccc(OC(F)(F)F)cc2)c(-c2cc(-c3cccc(S(C)(=O)=O)c3)ccc2-n2ccc(CO)n2)o1. The molecule has 0 fully saturated rings. The summed E-state index contributed by atoms with van der Waals surface area (Å²) in [6.07, 6.45) is -2.02. The molecule has 0 radical (unpaired) electrons. The van der Waals surface area contributed by atoms with Crippen LogP contribution in [0.4, 0.5) is 13.2 Å². The van der Waals surface area contributed by atoms with Gasteiger partial charge in [0, 0.05) is 30.5 Å². The van der Waals surface area contributed by atoms with E-state index in [-0.39, 0.29) is 17.3 Å². The van der Waals surface area contributed by atoms with Crippen LogP contribution in [0, 0.1) is 6.92 Å². The summed E-state index contributed by atoms with van der Waals surface area (Å²) in [5.74, 6) is 0.256. The fourth-order valence-electron chi connectivity index (χ4n) is 4.20. The molecule has 5 aromatic rings. The molecule has 0 saturated carbocycles. The van der Waals surface area contributed by atoms with Crippen molar-refractivity contribution in [1.29, 1.82) is 0 Å². The average Bonchev–Trinajstić information content (AvgIpc) is 3.54. The van der Waals surface area contributed by atoms with Crippen molar-refractivity contribution in [3.8, 4) is 45.1 Å². The molecule has 1 N–H and O–H groups in total. The molecule has 5 rings (SSSR count). The van der Waals surface area contributed by atoms with Crippen LogP contribution in [0.2, 0.25) is 0 Å². The molecule has 3 aromatic carbocycles. The number of hydrogen-bond donors (Lipinski definition) is 1. The topological polar surface area (TPSA) is 107 Å². The molecule has 206 valence electrons. The van der Waals surface area contributed by atoms with Gasteiger partial charge in [-0.15, -0.1) is 13.2 Å². The Hall–Kier alpha value is -4.42. The van der Waals surface area contributed by atoms with E-state index in [1.807, 2.05) is 0 Å². The van der Waals surface area contributed by atoms with Gasteiger partial charge in [-0.1, -0.05) is 18.2 Å². The monoisotopic (exact) mass is 569 g/mol. The number of aryl methyl sites for hydroxylation is 1. The molecule has 12 heteroatoms. The van der Waals surface area contributed by atoms with Gasteiger partial charge in [0.25, 0.3) is 0 Å².